The molecule has 0 amide bonds. The third-order valence-electron chi connectivity index (χ3n) is 3.89. The van der Waals surface area contributed by atoms with Gasteiger partial charge in [0.05, 0.1) is 17.2 Å². The number of benzene rings is 1. The van der Waals surface area contributed by atoms with E-state index in [2.05, 4.69) is 17.1 Å². The molecule has 114 valence electrons. The van der Waals surface area contributed by atoms with Crippen LogP contribution in [0.1, 0.15) is 30.9 Å². The monoisotopic (exact) mass is 297 g/mol. The maximum Gasteiger partial charge on any atom is 0.417 e. The average molecular weight is 297 g/mol. The van der Waals surface area contributed by atoms with Crippen LogP contribution in [0, 0.1) is 11.3 Å². The van der Waals surface area contributed by atoms with Gasteiger partial charge in [-0.2, -0.15) is 18.4 Å². The molecule has 0 saturated carbocycles. The zero-order valence-electron chi connectivity index (χ0n) is 11.9. The minimum atomic E-state index is -4.49. The molecule has 0 radical (unpaired) electrons. The number of anilines is 1. The molecule has 0 spiro atoms. The second kappa shape index (κ2) is 6.35. The zero-order valence-corrected chi connectivity index (χ0v) is 11.9. The Morgan fingerprint density at radius 2 is 2.19 bits per heavy atom. The van der Waals surface area contributed by atoms with Crippen molar-refractivity contribution in [2.75, 3.05) is 25.0 Å². The van der Waals surface area contributed by atoms with Crippen molar-refractivity contribution in [1.29, 1.82) is 5.26 Å². The molecule has 1 heterocycles. The molecule has 6 heteroatoms. The molecule has 1 aromatic rings. The second-order valence-electron chi connectivity index (χ2n) is 5.18. The molecular formula is C15H18F3N3. The van der Waals surface area contributed by atoms with Crippen molar-refractivity contribution in [2.45, 2.75) is 32.0 Å². The van der Waals surface area contributed by atoms with Gasteiger partial charge in [0.2, 0.25) is 0 Å². The summed E-state index contributed by atoms with van der Waals surface area (Å²) in [5.41, 5.74) is -0.666. The third-order valence-corrected chi connectivity index (χ3v) is 3.89. The first-order valence-corrected chi connectivity index (χ1v) is 7.05. The molecule has 21 heavy (non-hydrogen) atoms. The number of hydrogen-bond acceptors (Lipinski definition) is 3. The van der Waals surface area contributed by atoms with Crippen molar-refractivity contribution in [3.63, 3.8) is 0 Å². The number of nitriles is 1. The Morgan fingerprint density at radius 1 is 1.43 bits per heavy atom. The fourth-order valence-electron chi connectivity index (χ4n) is 2.77. The molecule has 1 unspecified atom stereocenters. The van der Waals surface area contributed by atoms with Gasteiger partial charge in [0.1, 0.15) is 0 Å². The van der Waals surface area contributed by atoms with Crippen LogP contribution in [-0.4, -0.2) is 30.6 Å². The molecule has 1 atom stereocenters. The summed E-state index contributed by atoms with van der Waals surface area (Å²) in [6.45, 7) is 4.83. The summed E-state index contributed by atoms with van der Waals surface area (Å²) in [6, 6.07) is 5.65. The largest absolute Gasteiger partial charge is 0.417 e. The van der Waals surface area contributed by atoms with E-state index in [1.807, 2.05) is 0 Å². The molecule has 1 fully saturated rings. The Kier molecular flexibility index (Phi) is 4.73. The number of likely N-dealkylation sites (tertiary alicyclic amines) is 1. The van der Waals surface area contributed by atoms with Gasteiger partial charge in [0, 0.05) is 18.3 Å². The lowest BCUT2D eigenvalue weighted by Gasteiger charge is -2.23. The van der Waals surface area contributed by atoms with Crippen LogP contribution in [0.5, 0.6) is 0 Å². The first-order chi connectivity index (χ1) is 9.95. The molecule has 1 N–H and O–H groups in total. The minimum Gasteiger partial charge on any atom is -0.383 e. The van der Waals surface area contributed by atoms with Gasteiger partial charge < -0.3 is 5.32 Å². The van der Waals surface area contributed by atoms with Gasteiger partial charge in [0.15, 0.2) is 0 Å². The first-order valence-electron chi connectivity index (χ1n) is 7.05. The van der Waals surface area contributed by atoms with Gasteiger partial charge in [-0.25, -0.2) is 0 Å². The number of hydrogen-bond donors (Lipinski definition) is 1. The highest BCUT2D eigenvalue weighted by molar-refractivity contribution is 5.53. The molecule has 1 aromatic carbocycles. The first kappa shape index (κ1) is 15.6. The maximum atomic E-state index is 12.7. The summed E-state index contributed by atoms with van der Waals surface area (Å²) < 4.78 is 38.2. The predicted octanol–water partition coefficient (Wildman–Crippen LogP) is 3.47. The van der Waals surface area contributed by atoms with Gasteiger partial charge in [0.25, 0.3) is 0 Å². The Hall–Kier alpha value is -1.74. The van der Waals surface area contributed by atoms with E-state index < -0.39 is 11.7 Å². The van der Waals surface area contributed by atoms with Crippen molar-refractivity contribution >= 4 is 5.69 Å². The third kappa shape index (κ3) is 3.67. The van der Waals surface area contributed by atoms with Crippen LogP contribution < -0.4 is 5.32 Å². The Balaban J connectivity index is 2.07. The molecule has 1 aliphatic rings. The maximum absolute atomic E-state index is 12.7. The number of nitrogens with one attached hydrogen (secondary N) is 1. The van der Waals surface area contributed by atoms with Crippen LogP contribution in [0.2, 0.25) is 0 Å². The molecule has 3 nitrogen and oxygen atoms in total. The van der Waals surface area contributed by atoms with E-state index in [-0.39, 0.29) is 5.56 Å². The summed E-state index contributed by atoms with van der Waals surface area (Å²) >= 11 is 0. The molecule has 2 rings (SSSR count). The zero-order chi connectivity index (χ0) is 15.5. The van der Waals surface area contributed by atoms with Gasteiger partial charge in [-0.1, -0.05) is 6.92 Å². The quantitative estimate of drug-likeness (QED) is 0.925. The summed E-state index contributed by atoms with van der Waals surface area (Å²) in [7, 11) is 0. The van der Waals surface area contributed by atoms with Gasteiger partial charge in [-0.05, 0) is 44.1 Å². The highest BCUT2D eigenvalue weighted by Gasteiger charge is 2.33. The predicted molar refractivity (Wildman–Crippen MR) is 74.9 cm³/mol. The van der Waals surface area contributed by atoms with E-state index in [4.69, 9.17) is 5.26 Å². The van der Waals surface area contributed by atoms with Gasteiger partial charge in [-0.3, -0.25) is 4.90 Å². The van der Waals surface area contributed by atoms with Gasteiger partial charge >= 0.3 is 6.18 Å². The van der Waals surface area contributed by atoms with Crippen LogP contribution in [0.4, 0.5) is 18.9 Å². The lowest BCUT2D eigenvalue weighted by Crippen LogP contribution is -2.34. The second-order valence-corrected chi connectivity index (χ2v) is 5.18. The summed E-state index contributed by atoms with van der Waals surface area (Å²) in [6.07, 6.45) is -2.25. The smallest absolute Gasteiger partial charge is 0.383 e. The van der Waals surface area contributed by atoms with Crippen molar-refractivity contribution in [3.8, 4) is 6.07 Å². The van der Waals surface area contributed by atoms with Crippen LogP contribution >= 0.6 is 0 Å². The molecule has 1 saturated heterocycles. The topological polar surface area (TPSA) is 39.1 Å². The van der Waals surface area contributed by atoms with E-state index in [0.29, 0.717) is 18.3 Å². The summed E-state index contributed by atoms with van der Waals surface area (Å²) in [5.74, 6) is 0. The molecule has 0 bridgehead atoms. The Bertz CT molecular complexity index is 534. The minimum absolute atomic E-state index is 0.341. The van der Waals surface area contributed by atoms with Crippen LogP contribution in [-0.2, 0) is 6.18 Å². The Labute approximate surface area is 122 Å². The highest BCUT2D eigenvalue weighted by Crippen LogP contribution is 2.33. The van der Waals surface area contributed by atoms with Crippen molar-refractivity contribution in [1.82, 2.24) is 4.90 Å². The number of nitrogens with zero attached hydrogens (tertiary/aromatic N) is 2. The molecule has 0 aliphatic carbocycles. The van der Waals surface area contributed by atoms with E-state index in [1.165, 1.54) is 12.1 Å². The Morgan fingerprint density at radius 3 is 2.81 bits per heavy atom. The number of alkyl halides is 3. The van der Waals surface area contributed by atoms with E-state index >= 15 is 0 Å². The van der Waals surface area contributed by atoms with Crippen LogP contribution in [0.15, 0.2) is 18.2 Å². The average Bonchev–Trinajstić information content (AvgIpc) is 2.91. The van der Waals surface area contributed by atoms with Crippen molar-refractivity contribution in [2.24, 2.45) is 0 Å². The summed E-state index contributed by atoms with van der Waals surface area (Å²) in [4.78, 5) is 2.35. The molecular weight excluding hydrogens is 279 g/mol. The fraction of sp³-hybridized carbons (Fsp3) is 0.533. The van der Waals surface area contributed by atoms with Crippen molar-refractivity contribution in [3.05, 3.63) is 29.3 Å². The van der Waals surface area contributed by atoms with Crippen LogP contribution in [0.25, 0.3) is 0 Å². The van der Waals surface area contributed by atoms with E-state index in [0.717, 1.165) is 32.0 Å². The molecule has 1 aliphatic heterocycles. The van der Waals surface area contributed by atoms with Crippen molar-refractivity contribution < 1.29 is 13.2 Å². The lowest BCUT2D eigenvalue weighted by atomic mass is 10.1. The highest BCUT2D eigenvalue weighted by atomic mass is 19.4. The SMILES string of the molecule is CCN1CCCC1CNc1ccc(C(F)(F)F)c(C#N)c1. The normalized spacial score (nSPS) is 19.5. The lowest BCUT2D eigenvalue weighted by molar-refractivity contribution is -0.137. The van der Waals surface area contributed by atoms with E-state index in [1.54, 1.807) is 6.07 Å². The van der Waals surface area contributed by atoms with Crippen LogP contribution in [0.3, 0.4) is 0 Å². The van der Waals surface area contributed by atoms with E-state index in [9.17, 15) is 13.2 Å². The standard InChI is InChI=1S/C15H18F3N3/c1-2-21-7-3-4-13(21)10-20-12-5-6-14(15(16,17)18)11(8-12)9-19/h5-6,8,13,20H,2-4,7,10H2,1H3. The van der Waals surface area contributed by atoms with Gasteiger partial charge in [-0.15, -0.1) is 0 Å². The molecule has 0 aromatic heterocycles. The number of halogens is 3. The number of likely N-dealkylation sites (N-methyl/N-ethyl adjacent to an activating group) is 1. The summed E-state index contributed by atoms with van der Waals surface area (Å²) in [5, 5.41) is 12.0. The fourth-order valence-corrected chi connectivity index (χ4v) is 2.77. The number of rotatable bonds is 4.